The molecule has 0 bridgehead atoms. The van der Waals surface area contributed by atoms with Gasteiger partial charge in [-0.05, 0) is 13.1 Å². The maximum Gasteiger partial charge on any atom is 0.236 e. The molecule has 2 amide bonds. The van der Waals surface area contributed by atoms with Crippen molar-refractivity contribution in [2.75, 3.05) is 59.5 Å². The molecule has 1 aliphatic rings. The standard InChI is InChI=1S/C15H30N4O3.2ClH/c1-4-17(5-2)12-15(21)19-8-6-18(7-9-19)14(20)10-13(11-16)22-3;;/h13H,4-12,16H2,1-3H3;2*1H. The van der Waals surface area contributed by atoms with Crippen molar-refractivity contribution < 1.29 is 14.3 Å². The summed E-state index contributed by atoms with van der Waals surface area (Å²) in [7, 11) is 1.56. The highest BCUT2D eigenvalue weighted by Crippen LogP contribution is 2.07. The Balaban J connectivity index is 0. The average Bonchev–Trinajstić information content (AvgIpc) is 2.57. The van der Waals surface area contributed by atoms with E-state index in [0.717, 1.165) is 13.1 Å². The van der Waals surface area contributed by atoms with Gasteiger partial charge >= 0.3 is 0 Å². The maximum atomic E-state index is 12.2. The van der Waals surface area contributed by atoms with Gasteiger partial charge in [0.15, 0.2) is 0 Å². The summed E-state index contributed by atoms with van der Waals surface area (Å²) in [5.41, 5.74) is 5.54. The molecule has 1 fully saturated rings. The van der Waals surface area contributed by atoms with Gasteiger partial charge in [-0.25, -0.2) is 0 Å². The second-order valence-corrected chi connectivity index (χ2v) is 5.52. The normalized spacial score (nSPS) is 15.5. The summed E-state index contributed by atoms with van der Waals surface area (Å²) in [6.07, 6.45) is 0.0789. The lowest BCUT2D eigenvalue weighted by Gasteiger charge is -2.36. The first-order valence-electron chi connectivity index (χ1n) is 8.06. The molecule has 0 spiro atoms. The minimum Gasteiger partial charge on any atom is -0.380 e. The van der Waals surface area contributed by atoms with Crippen LogP contribution < -0.4 is 5.73 Å². The van der Waals surface area contributed by atoms with Crippen molar-refractivity contribution in [2.24, 2.45) is 5.73 Å². The van der Waals surface area contributed by atoms with Crippen molar-refractivity contribution in [1.82, 2.24) is 14.7 Å². The van der Waals surface area contributed by atoms with Gasteiger partial charge in [-0.1, -0.05) is 13.8 Å². The molecule has 1 saturated heterocycles. The lowest BCUT2D eigenvalue weighted by Crippen LogP contribution is -2.53. The van der Waals surface area contributed by atoms with E-state index >= 15 is 0 Å². The third-order valence-corrected chi connectivity index (χ3v) is 4.24. The topological polar surface area (TPSA) is 79.1 Å². The summed E-state index contributed by atoms with van der Waals surface area (Å²) in [5, 5.41) is 0. The van der Waals surface area contributed by atoms with E-state index in [1.54, 1.807) is 12.0 Å². The lowest BCUT2D eigenvalue weighted by molar-refractivity contribution is -0.141. The Bertz CT molecular complexity index is 325. The van der Waals surface area contributed by atoms with Crippen LogP contribution in [0.4, 0.5) is 0 Å². The number of carbonyl (C=O) groups is 2. The number of nitrogens with zero attached hydrogens (tertiary/aromatic N) is 3. The highest BCUT2D eigenvalue weighted by Gasteiger charge is 2.25. The number of piperazine rings is 1. The molecule has 24 heavy (non-hydrogen) atoms. The number of amides is 2. The van der Waals surface area contributed by atoms with Gasteiger partial charge in [0.1, 0.15) is 0 Å². The Kier molecular flexibility index (Phi) is 14.6. The van der Waals surface area contributed by atoms with E-state index < -0.39 is 0 Å². The third kappa shape index (κ3) is 7.98. The first kappa shape index (κ1) is 25.6. The van der Waals surface area contributed by atoms with Crippen LogP contribution in [0.3, 0.4) is 0 Å². The molecule has 0 aromatic rings. The van der Waals surface area contributed by atoms with Gasteiger partial charge in [-0.2, -0.15) is 0 Å². The van der Waals surface area contributed by atoms with E-state index in [1.165, 1.54) is 0 Å². The van der Waals surface area contributed by atoms with Crippen LogP contribution in [0.15, 0.2) is 0 Å². The molecule has 1 unspecified atom stereocenters. The summed E-state index contributed by atoms with van der Waals surface area (Å²) < 4.78 is 5.15. The van der Waals surface area contributed by atoms with Gasteiger partial charge in [0.25, 0.3) is 0 Å². The number of carbonyl (C=O) groups excluding carboxylic acids is 2. The highest BCUT2D eigenvalue weighted by atomic mass is 35.5. The monoisotopic (exact) mass is 386 g/mol. The van der Waals surface area contributed by atoms with Crippen LogP contribution in [0.5, 0.6) is 0 Å². The molecule has 0 saturated carbocycles. The van der Waals surface area contributed by atoms with E-state index in [4.69, 9.17) is 10.5 Å². The summed E-state index contributed by atoms with van der Waals surface area (Å²) >= 11 is 0. The van der Waals surface area contributed by atoms with E-state index in [2.05, 4.69) is 18.7 Å². The van der Waals surface area contributed by atoms with Crippen molar-refractivity contribution in [3.8, 4) is 0 Å². The number of ether oxygens (including phenoxy) is 1. The molecule has 1 atom stereocenters. The number of halogens is 2. The van der Waals surface area contributed by atoms with Crippen LogP contribution in [0.25, 0.3) is 0 Å². The molecule has 7 nitrogen and oxygen atoms in total. The van der Waals surface area contributed by atoms with Crippen LogP contribution in [0.2, 0.25) is 0 Å². The van der Waals surface area contributed by atoms with Gasteiger partial charge in [0, 0.05) is 39.8 Å². The van der Waals surface area contributed by atoms with Crippen molar-refractivity contribution in [3.63, 3.8) is 0 Å². The highest BCUT2D eigenvalue weighted by molar-refractivity contribution is 5.85. The number of likely N-dealkylation sites (N-methyl/N-ethyl adjacent to an activating group) is 1. The fourth-order valence-corrected chi connectivity index (χ4v) is 2.53. The molecule has 1 aliphatic heterocycles. The zero-order chi connectivity index (χ0) is 16.5. The summed E-state index contributed by atoms with van der Waals surface area (Å²) in [5.74, 6) is 0.195. The Morgan fingerprint density at radius 3 is 1.88 bits per heavy atom. The summed E-state index contributed by atoms with van der Waals surface area (Å²) in [6, 6.07) is 0. The van der Waals surface area contributed by atoms with Crippen LogP contribution in [-0.4, -0.2) is 92.1 Å². The smallest absolute Gasteiger partial charge is 0.236 e. The second kappa shape index (κ2) is 13.7. The first-order valence-corrected chi connectivity index (χ1v) is 8.06. The minimum atomic E-state index is -0.227. The summed E-state index contributed by atoms with van der Waals surface area (Å²) in [6.45, 7) is 9.03. The van der Waals surface area contributed by atoms with Crippen LogP contribution in [0.1, 0.15) is 20.3 Å². The van der Waals surface area contributed by atoms with Crippen LogP contribution >= 0.6 is 24.8 Å². The Hall–Kier alpha value is -0.600. The van der Waals surface area contributed by atoms with E-state index in [0.29, 0.717) is 45.7 Å². The van der Waals surface area contributed by atoms with E-state index in [9.17, 15) is 9.59 Å². The largest absolute Gasteiger partial charge is 0.380 e. The van der Waals surface area contributed by atoms with Gasteiger partial charge in [-0.3, -0.25) is 14.5 Å². The first-order chi connectivity index (χ1) is 10.5. The van der Waals surface area contributed by atoms with Gasteiger partial charge in [0.2, 0.25) is 11.8 Å². The van der Waals surface area contributed by atoms with Crippen molar-refractivity contribution in [2.45, 2.75) is 26.4 Å². The van der Waals surface area contributed by atoms with Gasteiger partial charge in [-0.15, -0.1) is 24.8 Å². The van der Waals surface area contributed by atoms with Crippen LogP contribution in [-0.2, 0) is 14.3 Å². The number of methoxy groups -OCH3 is 1. The molecule has 0 aromatic carbocycles. The Labute approximate surface area is 157 Å². The fourth-order valence-electron chi connectivity index (χ4n) is 2.53. The Morgan fingerprint density at radius 2 is 1.50 bits per heavy atom. The Morgan fingerprint density at radius 1 is 1.04 bits per heavy atom. The molecule has 0 aliphatic carbocycles. The van der Waals surface area contributed by atoms with Crippen molar-refractivity contribution >= 4 is 36.6 Å². The van der Waals surface area contributed by atoms with Crippen molar-refractivity contribution in [3.05, 3.63) is 0 Å². The molecule has 0 aromatic heterocycles. The third-order valence-electron chi connectivity index (χ3n) is 4.24. The van der Waals surface area contributed by atoms with E-state index in [-0.39, 0.29) is 42.7 Å². The molecule has 0 radical (unpaired) electrons. The predicted octanol–water partition coefficient (Wildman–Crippen LogP) is 0.206. The van der Waals surface area contributed by atoms with Crippen LogP contribution in [0, 0.1) is 0 Å². The molecule has 2 N–H and O–H groups in total. The molecule has 1 heterocycles. The van der Waals surface area contributed by atoms with Gasteiger partial charge in [0.05, 0.1) is 19.1 Å². The summed E-state index contributed by atoms with van der Waals surface area (Å²) in [4.78, 5) is 30.1. The number of hydrogen-bond donors (Lipinski definition) is 1. The van der Waals surface area contributed by atoms with E-state index in [1.807, 2.05) is 4.90 Å². The molecular weight excluding hydrogens is 355 g/mol. The number of hydrogen-bond acceptors (Lipinski definition) is 5. The minimum absolute atomic E-state index is 0. The van der Waals surface area contributed by atoms with Crippen molar-refractivity contribution in [1.29, 1.82) is 0 Å². The lowest BCUT2D eigenvalue weighted by atomic mass is 10.2. The fraction of sp³-hybridized carbons (Fsp3) is 0.867. The maximum absolute atomic E-state index is 12.2. The average molecular weight is 387 g/mol. The SMILES string of the molecule is CCN(CC)CC(=O)N1CCN(C(=O)CC(CN)OC)CC1.Cl.Cl. The second-order valence-electron chi connectivity index (χ2n) is 5.52. The molecule has 1 rings (SSSR count). The predicted molar refractivity (Wildman–Crippen MR) is 99.9 cm³/mol. The quantitative estimate of drug-likeness (QED) is 0.644. The zero-order valence-corrected chi connectivity index (χ0v) is 16.5. The molecular formula is C15H32Cl2N4O3. The number of nitrogens with two attached hydrogens (primary N) is 1. The zero-order valence-electron chi connectivity index (χ0n) is 14.9. The molecule has 144 valence electrons. The van der Waals surface area contributed by atoms with Gasteiger partial charge < -0.3 is 20.3 Å². The molecule has 9 heteroatoms. The number of rotatable bonds is 8.